The Morgan fingerprint density at radius 2 is 2.04 bits per heavy atom. The molecule has 0 unspecified atom stereocenters. The Bertz CT molecular complexity index is 704. The molecule has 7 nitrogen and oxygen atoms in total. The van der Waals surface area contributed by atoms with Crippen molar-refractivity contribution in [2.75, 3.05) is 25.6 Å². The average molecular weight is 354 g/mol. The number of hydrogen-bond acceptors (Lipinski definition) is 5. The number of benzene rings is 1. The summed E-state index contributed by atoms with van der Waals surface area (Å²) in [7, 11) is -2.02. The molecule has 0 radical (unpaired) electrons. The minimum atomic E-state index is -3.63. The van der Waals surface area contributed by atoms with Crippen molar-refractivity contribution in [2.45, 2.75) is 30.4 Å². The summed E-state index contributed by atoms with van der Waals surface area (Å²) in [5.74, 6) is 0.0439. The molecular formula is C16H22N2O5S. The zero-order valence-electron chi connectivity index (χ0n) is 13.7. The van der Waals surface area contributed by atoms with Crippen molar-refractivity contribution in [3.05, 3.63) is 24.3 Å². The number of ether oxygens (including phenoxy) is 2. The summed E-state index contributed by atoms with van der Waals surface area (Å²) in [6.07, 6.45) is 0.944. The zero-order valence-corrected chi connectivity index (χ0v) is 14.5. The molecule has 1 saturated heterocycles. The van der Waals surface area contributed by atoms with Crippen LogP contribution in [-0.2, 0) is 24.3 Å². The first-order chi connectivity index (χ1) is 11.4. The van der Waals surface area contributed by atoms with Crippen LogP contribution >= 0.6 is 0 Å². The van der Waals surface area contributed by atoms with Gasteiger partial charge in [-0.05, 0) is 30.7 Å². The lowest BCUT2D eigenvalue weighted by molar-refractivity contribution is -0.114. The van der Waals surface area contributed by atoms with Crippen molar-refractivity contribution in [3.8, 4) is 0 Å². The molecule has 0 aromatic heterocycles. The second-order valence-electron chi connectivity index (χ2n) is 6.26. The standard InChI is InChI=1S/C16H22N2O5S/c1-10(19)17-11-3-5-12(6-4-11)24(20,21)18-15-13-7-8-23-16(13)14(15)9-22-2/h3-6,13-16,18H,7-9H2,1-2H3,(H,17,19)/t13-,14-,15-,16-/m0/s1. The zero-order chi connectivity index (χ0) is 17.3. The lowest BCUT2D eigenvalue weighted by Crippen LogP contribution is -2.62. The van der Waals surface area contributed by atoms with Crippen molar-refractivity contribution in [1.82, 2.24) is 4.72 Å². The average Bonchev–Trinajstić information content (AvgIpc) is 2.95. The second kappa shape index (κ2) is 6.79. The Balaban J connectivity index is 1.72. The molecule has 2 aliphatic rings. The first-order valence-electron chi connectivity index (χ1n) is 7.93. The van der Waals surface area contributed by atoms with Gasteiger partial charge in [0.2, 0.25) is 15.9 Å². The number of carbonyl (C=O) groups excluding carboxylic acids is 1. The van der Waals surface area contributed by atoms with E-state index in [2.05, 4.69) is 10.0 Å². The largest absolute Gasteiger partial charge is 0.384 e. The third-order valence-corrected chi connectivity index (χ3v) is 6.14. The molecule has 2 N–H and O–H groups in total. The fourth-order valence-electron chi connectivity index (χ4n) is 3.56. The number of methoxy groups -OCH3 is 1. The van der Waals surface area contributed by atoms with Gasteiger partial charge in [0.15, 0.2) is 0 Å². The first kappa shape index (κ1) is 17.3. The SMILES string of the molecule is COC[C@H]1[C@@H](NS(=O)(=O)c2ccc(NC(C)=O)cc2)[C@@H]2CCO[C@@H]21. The van der Waals surface area contributed by atoms with Gasteiger partial charge in [0.05, 0.1) is 17.6 Å². The lowest BCUT2D eigenvalue weighted by atomic mass is 9.68. The van der Waals surface area contributed by atoms with E-state index < -0.39 is 10.0 Å². The number of carbonyl (C=O) groups is 1. The summed E-state index contributed by atoms with van der Waals surface area (Å²) in [4.78, 5) is 11.2. The van der Waals surface area contributed by atoms with E-state index in [-0.39, 0.29) is 34.8 Å². The minimum Gasteiger partial charge on any atom is -0.384 e. The van der Waals surface area contributed by atoms with E-state index in [1.165, 1.54) is 19.1 Å². The topological polar surface area (TPSA) is 93.7 Å². The monoisotopic (exact) mass is 354 g/mol. The highest BCUT2D eigenvalue weighted by Gasteiger charge is 2.54. The quantitative estimate of drug-likeness (QED) is 0.794. The van der Waals surface area contributed by atoms with Gasteiger partial charge in [-0.1, -0.05) is 0 Å². The second-order valence-corrected chi connectivity index (χ2v) is 7.97. The molecule has 2 fully saturated rings. The van der Waals surface area contributed by atoms with Crippen LogP contribution < -0.4 is 10.0 Å². The molecule has 1 saturated carbocycles. The molecule has 1 aromatic carbocycles. The smallest absolute Gasteiger partial charge is 0.240 e. The Kier molecular flexibility index (Phi) is 4.91. The number of anilines is 1. The summed E-state index contributed by atoms with van der Waals surface area (Å²) >= 11 is 0. The van der Waals surface area contributed by atoms with Crippen LogP contribution in [0.3, 0.4) is 0 Å². The van der Waals surface area contributed by atoms with Crippen LogP contribution in [0.25, 0.3) is 0 Å². The fourth-order valence-corrected chi connectivity index (χ4v) is 4.90. The van der Waals surface area contributed by atoms with E-state index in [1.54, 1.807) is 19.2 Å². The number of sulfonamides is 1. The Morgan fingerprint density at radius 1 is 1.33 bits per heavy atom. The summed E-state index contributed by atoms with van der Waals surface area (Å²) in [6, 6.07) is 5.95. The Hall–Kier alpha value is -1.48. The maximum atomic E-state index is 12.6. The molecule has 3 rings (SSSR count). The lowest BCUT2D eigenvalue weighted by Gasteiger charge is -2.47. The summed E-state index contributed by atoms with van der Waals surface area (Å²) in [5, 5.41) is 2.61. The Labute approximate surface area is 141 Å². The maximum absolute atomic E-state index is 12.6. The maximum Gasteiger partial charge on any atom is 0.240 e. The van der Waals surface area contributed by atoms with E-state index >= 15 is 0 Å². The van der Waals surface area contributed by atoms with E-state index in [0.717, 1.165) is 6.42 Å². The van der Waals surface area contributed by atoms with Gasteiger partial charge < -0.3 is 14.8 Å². The fraction of sp³-hybridized carbons (Fsp3) is 0.562. The number of amides is 1. The molecule has 1 aliphatic carbocycles. The highest BCUT2D eigenvalue weighted by molar-refractivity contribution is 7.89. The molecular weight excluding hydrogens is 332 g/mol. The van der Waals surface area contributed by atoms with Gasteiger partial charge in [0.25, 0.3) is 0 Å². The number of fused-ring (bicyclic) bond motifs is 1. The van der Waals surface area contributed by atoms with Crippen LogP contribution in [0.1, 0.15) is 13.3 Å². The van der Waals surface area contributed by atoms with Crippen molar-refractivity contribution in [1.29, 1.82) is 0 Å². The normalized spacial score (nSPS) is 28.9. The number of rotatable bonds is 6. The summed E-state index contributed by atoms with van der Waals surface area (Å²) in [5.41, 5.74) is 0.562. The van der Waals surface area contributed by atoms with E-state index in [0.29, 0.717) is 18.9 Å². The molecule has 0 spiro atoms. The van der Waals surface area contributed by atoms with Crippen molar-refractivity contribution < 1.29 is 22.7 Å². The molecule has 1 heterocycles. The van der Waals surface area contributed by atoms with Gasteiger partial charge in [-0.25, -0.2) is 13.1 Å². The molecule has 24 heavy (non-hydrogen) atoms. The van der Waals surface area contributed by atoms with Gasteiger partial charge in [0, 0.05) is 44.2 Å². The minimum absolute atomic E-state index is 0.0379. The first-order valence-corrected chi connectivity index (χ1v) is 9.41. The molecule has 132 valence electrons. The van der Waals surface area contributed by atoms with Gasteiger partial charge >= 0.3 is 0 Å². The van der Waals surface area contributed by atoms with E-state index in [9.17, 15) is 13.2 Å². The molecule has 1 aliphatic heterocycles. The molecule has 1 amide bonds. The highest BCUT2D eigenvalue weighted by Crippen LogP contribution is 2.44. The van der Waals surface area contributed by atoms with Crippen LogP contribution in [0, 0.1) is 11.8 Å². The number of nitrogens with one attached hydrogen (secondary N) is 2. The molecule has 1 aromatic rings. The third kappa shape index (κ3) is 3.32. The summed E-state index contributed by atoms with van der Waals surface area (Å²) in [6.45, 7) is 2.54. The van der Waals surface area contributed by atoms with Gasteiger partial charge in [-0.15, -0.1) is 0 Å². The van der Waals surface area contributed by atoms with Crippen LogP contribution in [-0.4, -0.2) is 46.8 Å². The summed E-state index contributed by atoms with van der Waals surface area (Å²) < 4.78 is 38.9. The van der Waals surface area contributed by atoms with Gasteiger partial charge in [0.1, 0.15) is 0 Å². The van der Waals surface area contributed by atoms with Gasteiger partial charge in [-0.3, -0.25) is 4.79 Å². The van der Waals surface area contributed by atoms with Crippen LogP contribution in [0.15, 0.2) is 29.2 Å². The predicted octanol–water partition coefficient (Wildman–Crippen LogP) is 0.973. The van der Waals surface area contributed by atoms with E-state index in [1.807, 2.05) is 0 Å². The molecule has 0 bridgehead atoms. The highest BCUT2D eigenvalue weighted by atomic mass is 32.2. The van der Waals surface area contributed by atoms with Crippen LogP contribution in [0.5, 0.6) is 0 Å². The Morgan fingerprint density at radius 3 is 2.67 bits per heavy atom. The van der Waals surface area contributed by atoms with Crippen LogP contribution in [0.4, 0.5) is 5.69 Å². The molecule has 8 heteroatoms. The van der Waals surface area contributed by atoms with Crippen molar-refractivity contribution in [2.24, 2.45) is 11.8 Å². The van der Waals surface area contributed by atoms with Crippen molar-refractivity contribution >= 4 is 21.6 Å². The van der Waals surface area contributed by atoms with E-state index in [4.69, 9.17) is 9.47 Å². The number of hydrogen-bond donors (Lipinski definition) is 2. The predicted molar refractivity (Wildman–Crippen MR) is 88.1 cm³/mol. The third-order valence-electron chi connectivity index (χ3n) is 4.66. The molecule has 4 atom stereocenters. The van der Waals surface area contributed by atoms with Gasteiger partial charge in [-0.2, -0.15) is 0 Å². The van der Waals surface area contributed by atoms with Crippen molar-refractivity contribution in [3.63, 3.8) is 0 Å². The van der Waals surface area contributed by atoms with Crippen LogP contribution in [0.2, 0.25) is 0 Å².